The summed E-state index contributed by atoms with van der Waals surface area (Å²) in [6.07, 6.45) is 4.10. The van der Waals surface area contributed by atoms with E-state index in [-0.39, 0.29) is 24.2 Å². The van der Waals surface area contributed by atoms with Gasteiger partial charge in [0.05, 0.1) is 17.1 Å². The summed E-state index contributed by atoms with van der Waals surface area (Å²) in [4.78, 5) is 26.2. The number of aliphatic hydroxyl groups is 1. The molecule has 3 rings (SSSR count). The summed E-state index contributed by atoms with van der Waals surface area (Å²) < 4.78 is 1.26. The molecule has 2 saturated heterocycles. The number of aliphatic hydroxyl groups excluding tert-OH is 1. The van der Waals surface area contributed by atoms with Crippen LogP contribution in [-0.4, -0.2) is 73.8 Å². The van der Waals surface area contributed by atoms with E-state index in [4.69, 9.17) is 0 Å². The second-order valence-corrected chi connectivity index (χ2v) is 5.83. The van der Waals surface area contributed by atoms with E-state index in [1.54, 1.807) is 4.90 Å². The summed E-state index contributed by atoms with van der Waals surface area (Å²) in [7, 11) is 0. The van der Waals surface area contributed by atoms with Crippen molar-refractivity contribution in [2.75, 3.05) is 26.2 Å². The lowest BCUT2D eigenvalue weighted by Crippen LogP contribution is -2.41. The number of nitrogens with zero attached hydrogens (tertiary/aromatic N) is 5. The third-order valence-electron chi connectivity index (χ3n) is 4.35. The third-order valence-corrected chi connectivity index (χ3v) is 4.35. The van der Waals surface area contributed by atoms with Crippen LogP contribution in [-0.2, 0) is 11.3 Å². The van der Waals surface area contributed by atoms with Crippen LogP contribution in [0.25, 0.3) is 0 Å². The maximum atomic E-state index is 12.3. The van der Waals surface area contributed by atoms with E-state index in [0.717, 1.165) is 32.1 Å². The lowest BCUT2D eigenvalue weighted by Gasteiger charge is -2.25. The number of carbonyl (C=O) groups excluding carboxylic acids is 1. The van der Waals surface area contributed by atoms with Crippen LogP contribution in [0.1, 0.15) is 12.8 Å². The highest BCUT2D eigenvalue weighted by Crippen LogP contribution is 2.21. The SMILES string of the molecule is O=C(Cn1cc([N+](=O)[O-])cn1)N1C[C@@H](O)[C@H](N2CCCC2)C1. The molecule has 0 aromatic carbocycles. The van der Waals surface area contributed by atoms with E-state index in [1.807, 2.05) is 0 Å². The van der Waals surface area contributed by atoms with E-state index in [1.165, 1.54) is 10.9 Å². The maximum Gasteiger partial charge on any atom is 0.307 e. The molecule has 1 aromatic rings. The molecule has 0 aliphatic carbocycles. The van der Waals surface area contributed by atoms with E-state index in [9.17, 15) is 20.0 Å². The molecule has 120 valence electrons. The Hall–Kier alpha value is -2.00. The van der Waals surface area contributed by atoms with Crippen LogP contribution in [0.3, 0.4) is 0 Å². The van der Waals surface area contributed by atoms with Crippen molar-refractivity contribution < 1.29 is 14.8 Å². The highest BCUT2D eigenvalue weighted by molar-refractivity contribution is 5.76. The van der Waals surface area contributed by atoms with Crippen LogP contribution in [0, 0.1) is 10.1 Å². The Labute approximate surface area is 127 Å². The molecule has 0 unspecified atom stereocenters. The molecule has 0 saturated carbocycles. The summed E-state index contributed by atoms with van der Waals surface area (Å²) in [6.45, 7) is 2.70. The molecule has 2 aliphatic rings. The summed E-state index contributed by atoms with van der Waals surface area (Å²) in [5.74, 6) is -0.182. The van der Waals surface area contributed by atoms with Gasteiger partial charge in [0.15, 0.2) is 0 Å². The van der Waals surface area contributed by atoms with Crippen molar-refractivity contribution in [1.29, 1.82) is 0 Å². The zero-order valence-electron chi connectivity index (χ0n) is 12.2. The van der Waals surface area contributed by atoms with Gasteiger partial charge in [-0.1, -0.05) is 0 Å². The van der Waals surface area contributed by atoms with Gasteiger partial charge >= 0.3 is 5.69 Å². The Balaban J connectivity index is 1.59. The van der Waals surface area contributed by atoms with Gasteiger partial charge in [-0.2, -0.15) is 5.10 Å². The first-order chi connectivity index (χ1) is 10.5. The lowest BCUT2D eigenvalue weighted by atomic mass is 10.2. The molecule has 9 heteroatoms. The number of β-amino-alcohol motifs (C(OH)–C–C–N with tert-alkyl or cyclic N) is 1. The molecule has 2 atom stereocenters. The van der Waals surface area contributed by atoms with Gasteiger partial charge in [-0.15, -0.1) is 0 Å². The van der Waals surface area contributed by atoms with Gasteiger partial charge in [-0.05, 0) is 25.9 Å². The minimum absolute atomic E-state index is 0.00147. The molecule has 9 nitrogen and oxygen atoms in total. The predicted octanol–water partition coefficient (Wildman–Crippen LogP) is -0.541. The van der Waals surface area contributed by atoms with Gasteiger partial charge in [0.1, 0.15) is 18.9 Å². The molecule has 3 heterocycles. The molecule has 2 aliphatic heterocycles. The van der Waals surface area contributed by atoms with Gasteiger partial charge in [-0.25, -0.2) is 0 Å². The Morgan fingerprint density at radius 3 is 2.77 bits per heavy atom. The van der Waals surface area contributed by atoms with Crippen molar-refractivity contribution in [3.63, 3.8) is 0 Å². The quantitative estimate of drug-likeness (QED) is 0.591. The maximum absolute atomic E-state index is 12.3. The van der Waals surface area contributed by atoms with E-state index < -0.39 is 11.0 Å². The first-order valence-electron chi connectivity index (χ1n) is 7.41. The Morgan fingerprint density at radius 1 is 1.41 bits per heavy atom. The standard InChI is InChI=1S/C13H19N5O4/c19-12-8-16(7-11(12)15-3-1-2-4-15)13(20)9-17-6-10(5-14-17)18(21)22/h5-6,11-12,19H,1-4,7-9H2/t11-,12-/m1/s1. The monoisotopic (exact) mass is 309 g/mol. The largest absolute Gasteiger partial charge is 0.390 e. The van der Waals surface area contributed by atoms with Crippen molar-refractivity contribution in [3.05, 3.63) is 22.5 Å². The first kappa shape index (κ1) is 14.9. The second kappa shape index (κ2) is 6.01. The Kier molecular flexibility index (Phi) is 4.08. The van der Waals surface area contributed by atoms with Crippen molar-refractivity contribution in [2.45, 2.75) is 31.5 Å². The number of hydrogen-bond donors (Lipinski definition) is 1. The van der Waals surface area contributed by atoms with Crippen LogP contribution >= 0.6 is 0 Å². The molecule has 0 bridgehead atoms. The number of likely N-dealkylation sites (tertiary alicyclic amines) is 2. The number of amides is 1. The summed E-state index contributed by atoms with van der Waals surface area (Å²) in [5.41, 5.74) is -0.135. The highest BCUT2D eigenvalue weighted by Gasteiger charge is 2.38. The van der Waals surface area contributed by atoms with Crippen molar-refractivity contribution in [1.82, 2.24) is 19.6 Å². The Morgan fingerprint density at radius 2 is 2.14 bits per heavy atom. The fraction of sp³-hybridized carbons (Fsp3) is 0.692. The van der Waals surface area contributed by atoms with Gasteiger partial charge in [-0.3, -0.25) is 24.5 Å². The average molecular weight is 309 g/mol. The highest BCUT2D eigenvalue weighted by atomic mass is 16.6. The third kappa shape index (κ3) is 2.95. The molecule has 1 amide bonds. The minimum atomic E-state index is -0.545. The van der Waals surface area contributed by atoms with Crippen LogP contribution in [0.15, 0.2) is 12.4 Å². The van der Waals surface area contributed by atoms with Crippen LogP contribution < -0.4 is 0 Å². The van der Waals surface area contributed by atoms with Gasteiger partial charge in [0.25, 0.3) is 0 Å². The zero-order valence-corrected chi connectivity index (χ0v) is 12.2. The van der Waals surface area contributed by atoms with Crippen LogP contribution in [0.2, 0.25) is 0 Å². The molecule has 22 heavy (non-hydrogen) atoms. The van der Waals surface area contributed by atoms with Crippen LogP contribution in [0.5, 0.6) is 0 Å². The fourth-order valence-corrected chi connectivity index (χ4v) is 3.18. The van der Waals surface area contributed by atoms with E-state index in [0.29, 0.717) is 13.1 Å². The van der Waals surface area contributed by atoms with Gasteiger partial charge in [0.2, 0.25) is 5.91 Å². The van der Waals surface area contributed by atoms with Crippen LogP contribution in [0.4, 0.5) is 5.69 Å². The van der Waals surface area contributed by atoms with Gasteiger partial charge in [0, 0.05) is 13.1 Å². The van der Waals surface area contributed by atoms with E-state index >= 15 is 0 Å². The normalized spacial score (nSPS) is 25.8. The molecule has 1 aromatic heterocycles. The lowest BCUT2D eigenvalue weighted by molar-refractivity contribution is -0.385. The fourth-order valence-electron chi connectivity index (χ4n) is 3.18. The van der Waals surface area contributed by atoms with Crippen molar-refractivity contribution in [2.24, 2.45) is 0 Å². The summed E-state index contributed by atoms with van der Waals surface area (Å²) in [5, 5.41) is 24.6. The van der Waals surface area contributed by atoms with E-state index in [2.05, 4.69) is 10.00 Å². The summed E-state index contributed by atoms with van der Waals surface area (Å²) in [6, 6.07) is -0.00147. The number of carbonyl (C=O) groups is 1. The predicted molar refractivity (Wildman–Crippen MR) is 76.1 cm³/mol. The zero-order chi connectivity index (χ0) is 15.7. The average Bonchev–Trinajstić information content (AvgIpc) is 3.17. The molecular weight excluding hydrogens is 290 g/mol. The van der Waals surface area contributed by atoms with Crippen molar-refractivity contribution >= 4 is 11.6 Å². The second-order valence-electron chi connectivity index (χ2n) is 5.83. The first-order valence-corrected chi connectivity index (χ1v) is 7.41. The number of aromatic nitrogens is 2. The molecule has 1 N–H and O–H groups in total. The topological polar surface area (TPSA) is 105 Å². The molecule has 0 radical (unpaired) electrons. The number of rotatable bonds is 4. The molecule has 0 spiro atoms. The number of nitro groups is 1. The molecular formula is C13H19N5O4. The smallest absolute Gasteiger partial charge is 0.307 e. The Bertz CT molecular complexity index is 569. The number of hydrogen-bond acceptors (Lipinski definition) is 6. The summed E-state index contributed by atoms with van der Waals surface area (Å²) >= 11 is 0. The molecule has 2 fully saturated rings. The minimum Gasteiger partial charge on any atom is -0.390 e. The van der Waals surface area contributed by atoms with Crippen molar-refractivity contribution in [3.8, 4) is 0 Å². The van der Waals surface area contributed by atoms with Gasteiger partial charge < -0.3 is 10.0 Å².